The van der Waals surface area contributed by atoms with E-state index in [9.17, 15) is 8.78 Å². The van der Waals surface area contributed by atoms with Crippen molar-refractivity contribution in [2.24, 2.45) is 17.8 Å². The molecule has 2 aliphatic carbocycles. The van der Waals surface area contributed by atoms with E-state index in [1.54, 1.807) is 0 Å². The molecule has 0 saturated heterocycles. The number of halogens is 2. The summed E-state index contributed by atoms with van der Waals surface area (Å²) in [6.45, 7) is 4.18. The van der Waals surface area contributed by atoms with Crippen LogP contribution in [0, 0.1) is 17.8 Å². The van der Waals surface area contributed by atoms with Crippen molar-refractivity contribution < 1.29 is 8.78 Å². The lowest BCUT2D eigenvalue weighted by atomic mass is 9.69. The highest BCUT2D eigenvalue weighted by molar-refractivity contribution is 5.34. The van der Waals surface area contributed by atoms with Crippen molar-refractivity contribution in [1.82, 2.24) is 0 Å². The molecule has 0 radical (unpaired) electrons. The first kappa shape index (κ1) is 13.8. The minimum absolute atomic E-state index is 0.170. The fourth-order valence-corrected chi connectivity index (χ4v) is 3.55. The van der Waals surface area contributed by atoms with Crippen LogP contribution in [-0.4, -0.2) is 0 Å². The first-order valence-corrected chi connectivity index (χ1v) is 7.43. The summed E-state index contributed by atoms with van der Waals surface area (Å²) in [5.41, 5.74) is 0.616. The fourth-order valence-electron chi connectivity index (χ4n) is 3.55. The maximum Gasteiger partial charge on any atom is 0.157 e. The van der Waals surface area contributed by atoms with Gasteiger partial charge in [-0.1, -0.05) is 39.2 Å². The smallest absolute Gasteiger partial charge is 0.157 e. The molecular weight excluding hydrogens is 230 g/mol. The molecule has 0 aromatic carbocycles. The van der Waals surface area contributed by atoms with Crippen molar-refractivity contribution in [3.8, 4) is 0 Å². The highest BCUT2D eigenvalue weighted by Gasteiger charge is 2.37. The van der Waals surface area contributed by atoms with E-state index in [0.717, 1.165) is 32.1 Å². The van der Waals surface area contributed by atoms with Crippen molar-refractivity contribution >= 4 is 0 Å². The minimum atomic E-state index is -0.546. The molecule has 2 aliphatic rings. The third-order valence-corrected chi connectivity index (χ3v) is 4.46. The van der Waals surface area contributed by atoms with Crippen LogP contribution >= 0.6 is 0 Å². The Balaban J connectivity index is 2.13. The molecule has 0 aromatic rings. The Labute approximate surface area is 109 Å². The van der Waals surface area contributed by atoms with Gasteiger partial charge in [0.1, 0.15) is 5.83 Å². The summed E-state index contributed by atoms with van der Waals surface area (Å²) in [7, 11) is 0. The quantitative estimate of drug-likeness (QED) is 0.602. The highest BCUT2D eigenvalue weighted by atomic mass is 19.2. The summed E-state index contributed by atoms with van der Waals surface area (Å²) in [6, 6.07) is 0. The van der Waals surface area contributed by atoms with E-state index in [4.69, 9.17) is 0 Å². The molecule has 2 heteroatoms. The van der Waals surface area contributed by atoms with Crippen LogP contribution in [0.4, 0.5) is 8.78 Å². The van der Waals surface area contributed by atoms with Gasteiger partial charge in [-0.3, -0.25) is 0 Å². The van der Waals surface area contributed by atoms with E-state index in [-0.39, 0.29) is 11.8 Å². The minimum Gasteiger partial charge on any atom is -0.208 e. The first-order chi connectivity index (χ1) is 8.67. The average Bonchev–Trinajstić information content (AvgIpc) is 2.37. The predicted octanol–water partition coefficient (Wildman–Crippen LogP) is 5.71. The Morgan fingerprint density at radius 2 is 1.94 bits per heavy atom. The summed E-state index contributed by atoms with van der Waals surface area (Å²) in [5, 5.41) is 0. The summed E-state index contributed by atoms with van der Waals surface area (Å²) in [4.78, 5) is 0. The fraction of sp³-hybridized carbons (Fsp3) is 0.750. The van der Waals surface area contributed by atoms with E-state index in [1.165, 1.54) is 6.42 Å². The molecule has 0 aliphatic heterocycles. The van der Waals surface area contributed by atoms with Gasteiger partial charge < -0.3 is 0 Å². The highest BCUT2D eigenvalue weighted by Crippen LogP contribution is 2.46. The Morgan fingerprint density at radius 1 is 1.17 bits per heavy atom. The lowest BCUT2D eigenvalue weighted by Gasteiger charge is -2.36. The molecule has 2 rings (SSSR count). The Bertz CT molecular complexity index is 354. The van der Waals surface area contributed by atoms with Crippen LogP contribution in [-0.2, 0) is 0 Å². The Morgan fingerprint density at radius 3 is 2.61 bits per heavy atom. The molecule has 0 heterocycles. The SMILES string of the molecule is CCCC1=CC2CCC(CCC)CC2C(F)=C1F. The van der Waals surface area contributed by atoms with E-state index >= 15 is 0 Å². The van der Waals surface area contributed by atoms with Crippen LogP contribution in [0.25, 0.3) is 0 Å². The lowest BCUT2D eigenvalue weighted by Crippen LogP contribution is -2.27. The standard InChI is InChI=1S/C16H24F2/c1-3-5-11-7-8-12-10-13(6-4-2)15(17)16(18)14(12)9-11/h10-12,14H,3-9H2,1-2H3. The third-order valence-electron chi connectivity index (χ3n) is 4.46. The summed E-state index contributed by atoms with van der Waals surface area (Å²) in [5.74, 6) is -0.326. The van der Waals surface area contributed by atoms with Crippen molar-refractivity contribution in [2.75, 3.05) is 0 Å². The number of rotatable bonds is 4. The van der Waals surface area contributed by atoms with Crippen molar-refractivity contribution in [3.05, 3.63) is 23.3 Å². The van der Waals surface area contributed by atoms with Gasteiger partial charge in [0.05, 0.1) is 0 Å². The van der Waals surface area contributed by atoms with Crippen LogP contribution in [0.15, 0.2) is 23.3 Å². The molecule has 1 saturated carbocycles. The maximum absolute atomic E-state index is 14.2. The van der Waals surface area contributed by atoms with Gasteiger partial charge in [0.25, 0.3) is 0 Å². The number of fused-ring (bicyclic) bond motifs is 1. The number of hydrogen-bond donors (Lipinski definition) is 0. The van der Waals surface area contributed by atoms with Crippen LogP contribution in [0.3, 0.4) is 0 Å². The normalized spacial score (nSPS) is 32.2. The number of allylic oxidation sites excluding steroid dienone is 4. The average molecular weight is 254 g/mol. The van der Waals surface area contributed by atoms with Gasteiger partial charge >= 0.3 is 0 Å². The maximum atomic E-state index is 14.2. The molecule has 0 amide bonds. The number of hydrogen-bond acceptors (Lipinski definition) is 0. The molecule has 102 valence electrons. The molecule has 18 heavy (non-hydrogen) atoms. The zero-order valence-electron chi connectivity index (χ0n) is 11.5. The van der Waals surface area contributed by atoms with Crippen LogP contribution in [0.1, 0.15) is 58.8 Å². The summed E-state index contributed by atoms with van der Waals surface area (Å²) in [6.07, 6.45) is 8.92. The first-order valence-electron chi connectivity index (χ1n) is 7.43. The van der Waals surface area contributed by atoms with Crippen LogP contribution < -0.4 is 0 Å². The summed E-state index contributed by atoms with van der Waals surface area (Å²) >= 11 is 0. The van der Waals surface area contributed by atoms with Gasteiger partial charge in [-0.15, -0.1) is 0 Å². The largest absolute Gasteiger partial charge is 0.208 e. The third kappa shape index (κ3) is 2.67. The monoisotopic (exact) mass is 254 g/mol. The summed E-state index contributed by atoms with van der Waals surface area (Å²) < 4.78 is 28.1. The zero-order valence-corrected chi connectivity index (χ0v) is 11.5. The van der Waals surface area contributed by atoms with Gasteiger partial charge in [-0.25, -0.2) is 8.78 Å². The predicted molar refractivity (Wildman–Crippen MR) is 71.5 cm³/mol. The molecule has 1 fully saturated rings. The molecule has 3 unspecified atom stereocenters. The lowest BCUT2D eigenvalue weighted by molar-refractivity contribution is 0.196. The van der Waals surface area contributed by atoms with Crippen molar-refractivity contribution in [1.29, 1.82) is 0 Å². The Hall–Kier alpha value is -0.660. The molecule has 0 N–H and O–H groups in total. The second-order valence-electron chi connectivity index (χ2n) is 5.84. The zero-order chi connectivity index (χ0) is 13.1. The second-order valence-corrected chi connectivity index (χ2v) is 5.84. The molecule has 0 aromatic heterocycles. The second kappa shape index (κ2) is 5.99. The van der Waals surface area contributed by atoms with Crippen LogP contribution in [0.5, 0.6) is 0 Å². The molecule has 0 nitrogen and oxygen atoms in total. The van der Waals surface area contributed by atoms with E-state index in [0.29, 0.717) is 17.9 Å². The van der Waals surface area contributed by atoms with Gasteiger partial charge in [0.15, 0.2) is 5.83 Å². The van der Waals surface area contributed by atoms with Gasteiger partial charge in [0.2, 0.25) is 0 Å². The van der Waals surface area contributed by atoms with E-state index in [2.05, 4.69) is 6.92 Å². The molecular formula is C16H24F2. The van der Waals surface area contributed by atoms with Crippen molar-refractivity contribution in [2.45, 2.75) is 58.8 Å². The molecule has 3 atom stereocenters. The van der Waals surface area contributed by atoms with Crippen LogP contribution in [0.2, 0.25) is 0 Å². The topological polar surface area (TPSA) is 0 Å². The molecule has 0 bridgehead atoms. The van der Waals surface area contributed by atoms with Crippen molar-refractivity contribution in [3.63, 3.8) is 0 Å². The van der Waals surface area contributed by atoms with E-state index < -0.39 is 11.7 Å². The van der Waals surface area contributed by atoms with E-state index in [1.807, 2.05) is 13.0 Å². The van der Waals surface area contributed by atoms with Gasteiger partial charge in [0, 0.05) is 5.92 Å². The Kier molecular flexibility index (Phi) is 4.58. The van der Waals surface area contributed by atoms with Gasteiger partial charge in [-0.2, -0.15) is 0 Å². The molecule has 0 spiro atoms. The van der Waals surface area contributed by atoms with Gasteiger partial charge in [-0.05, 0) is 43.1 Å².